The van der Waals surface area contributed by atoms with Gasteiger partial charge in [-0.05, 0) is 53.1 Å². The molecule has 0 amide bonds. The van der Waals surface area contributed by atoms with Gasteiger partial charge in [-0.2, -0.15) is 11.3 Å². The maximum Gasteiger partial charge on any atom is 0.241 e. The number of nitrogens with two attached hydrogens (primary N) is 1. The molecule has 0 fully saturated rings. The SMILES string of the molecule is Cc1cc(N)ccc1S(=O)(=O)NCc1ccsc1. The number of aryl methyl sites for hydroxylation is 1. The van der Waals surface area contributed by atoms with Gasteiger partial charge >= 0.3 is 0 Å². The third-order valence-corrected chi connectivity index (χ3v) is 4.83. The quantitative estimate of drug-likeness (QED) is 0.844. The average Bonchev–Trinajstić information content (AvgIpc) is 2.78. The lowest BCUT2D eigenvalue weighted by Crippen LogP contribution is -2.23. The van der Waals surface area contributed by atoms with Gasteiger partial charge in [0.2, 0.25) is 10.0 Å². The molecule has 4 nitrogen and oxygen atoms in total. The molecule has 2 aromatic rings. The molecule has 18 heavy (non-hydrogen) atoms. The molecule has 96 valence electrons. The third-order valence-electron chi connectivity index (χ3n) is 2.53. The summed E-state index contributed by atoms with van der Waals surface area (Å²) in [6.45, 7) is 2.03. The van der Waals surface area contributed by atoms with Crippen molar-refractivity contribution >= 4 is 27.0 Å². The van der Waals surface area contributed by atoms with Gasteiger partial charge < -0.3 is 5.73 Å². The summed E-state index contributed by atoms with van der Waals surface area (Å²) >= 11 is 1.54. The summed E-state index contributed by atoms with van der Waals surface area (Å²) in [4.78, 5) is 0.270. The van der Waals surface area contributed by atoms with Crippen molar-refractivity contribution in [2.75, 3.05) is 5.73 Å². The second kappa shape index (κ2) is 5.09. The Hall–Kier alpha value is -1.37. The van der Waals surface area contributed by atoms with Crippen molar-refractivity contribution in [3.8, 4) is 0 Å². The fourth-order valence-corrected chi connectivity index (χ4v) is 3.53. The van der Waals surface area contributed by atoms with Crippen molar-refractivity contribution in [3.63, 3.8) is 0 Å². The average molecular weight is 282 g/mol. The monoisotopic (exact) mass is 282 g/mol. The van der Waals surface area contributed by atoms with Gasteiger partial charge in [0, 0.05) is 12.2 Å². The first-order valence-corrected chi connectivity index (χ1v) is 7.78. The minimum absolute atomic E-state index is 0.270. The van der Waals surface area contributed by atoms with Crippen molar-refractivity contribution < 1.29 is 8.42 Å². The van der Waals surface area contributed by atoms with E-state index in [1.807, 2.05) is 16.8 Å². The van der Waals surface area contributed by atoms with E-state index in [0.29, 0.717) is 17.8 Å². The van der Waals surface area contributed by atoms with Crippen LogP contribution in [0.3, 0.4) is 0 Å². The van der Waals surface area contributed by atoms with Crippen molar-refractivity contribution in [3.05, 3.63) is 46.2 Å². The van der Waals surface area contributed by atoms with E-state index in [1.165, 1.54) is 17.4 Å². The predicted octanol–water partition coefficient (Wildman–Crippen LogP) is 2.12. The maximum atomic E-state index is 12.1. The molecule has 0 spiro atoms. The normalized spacial score (nSPS) is 11.6. The molecule has 1 heterocycles. The topological polar surface area (TPSA) is 72.2 Å². The highest BCUT2D eigenvalue weighted by Gasteiger charge is 2.16. The molecule has 0 aliphatic rings. The molecule has 0 saturated carbocycles. The number of sulfonamides is 1. The number of anilines is 1. The zero-order valence-corrected chi connectivity index (χ0v) is 11.5. The minimum atomic E-state index is -3.48. The summed E-state index contributed by atoms with van der Waals surface area (Å²) < 4.78 is 26.8. The van der Waals surface area contributed by atoms with Crippen molar-refractivity contribution in [1.82, 2.24) is 4.72 Å². The number of nitrogen functional groups attached to an aromatic ring is 1. The molecule has 0 aliphatic heterocycles. The highest BCUT2D eigenvalue weighted by molar-refractivity contribution is 7.89. The number of benzene rings is 1. The number of hydrogen-bond donors (Lipinski definition) is 2. The number of rotatable bonds is 4. The van der Waals surface area contributed by atoms with Gasteiger partial charge in [0.05, 0.1) is 4.90 Å². The Kier molecular flexibility index (Phi) is 3.70. The van der Waals surface area contributed by atoms with Gasteiger partial charge in [-0.25, -0.2) is 13.1 Å². The molecule has 1 aromatic carbocycles. The molecule has 3 N–H and O–H groups in total. The van der Waals surface area contributed by atoms with Crippen LogP contribution in [0.5, 0.6) is 0 Å². The fraction of sp³-hybridized carbons (Fsp3) is 0.167. The van der Waals surface area contributed by atoms with E-state index in [9.17, 15) is 8.42 Å². The van der Waals surface area contributed by atoms with E-state index in [1.54, 1.807) is 19.1 Å². The summed E-state index contributed by atoms with van der Waals surface area (Å²) in [5.74, 6) is 0. The fourth-order valence-electron chi connectivity index (χ4n) is 1.62. The Morgan fingerprint density at radius 2 is 2.11 bits per heavy atom. The molecular weight excluding hydrogens is 268 g/mol. The van der Waals surface area contributed by atoms with Crippen molar-refractivity contribution in [2.24, 2.45) is 0 Å². The van der Waals surface area contributed by atoms with Crippen LogP contribution in [0.4, 0.5) is 5.69 Å². The molecule has 0 atom stereocenters. The van der Waals surface area contributed by atoms with Crippen LogP contribution in [0, 0.1) is 6.92 Å². The summed E-state index contributed by atoms with van der Waals surface area (Å²) in [6, 6.07) is 6.66. The summed E-state index contributed by atoms with van der Waals surface area (Å²) in [5.41, 5.74) is 7.77. The lowest BCUT2D eigenvalue weighted by atomic mass is 10.2. The van der Waals surface area contributed by atoms with E-state index in [-0.39, 0.29) is 4.90 Å². The molecule has 2 rings (SSSR count). The number of thiophene rings is 1. The van der Waals surface area contributed by atoms with E-state index in [4.69, 9.17) is 5.73 Å². The van der Waals surface area contributed by atoms with Crippen LogP contribution in [-0.4, -0.2) is 8.42 Å². The van der Waals surface area contributed by atoms with Gasteiger partial charge in [-0.3, -0.25) is 0 Å². The van der Waals surface area contributed by atoms with Crippen LogP contribution >= 0.6 is 11.3 Å². The molecular formula is C12H14N2O2S2. The van der Waals surface area contributed by atoms with Gasteiger partial charge in [0.25, 0.3) is 0 Å². The molecule has 0 unspecified atom stereocenters. The first kappa shape index (κ1) is 13.1. The molecule has 0 aliphatic carbocycles. The third kappa shape index (κ3) is 2.90. The van der Waals surface area contributed by atoms with Crippen molar-refractivity contribution in [1.29, 1.82) is 0 Å². The smallest absolute Gasteiger partial charge is 0.241 e. The zero-order valence-electron chi connectivity index (χ0n) is 9.88. The van der Waals surface area contributed by atoms with E-state index in [2.05, 4.69) is 4.72 Å². The predicted molar refractivity (Wildman–Crippen MR) is 73.9 cm³/mol. The maximum absolute atomic E-state index is 12.1. The molecule has 1 aromatic heterocycles. The largest absolute Gasteiger partial charge is 0.399 e. The lowest BCUT2D eigenvalue weighted by Gasteiger charge is -2.09. The van der Waals surface area contributed by atoms with Gasteiger partial charge in [0.1, 0.15) is 0 Å². The molecule has 0 saturated heterocycles. The number of hydrogen-bond acceptors (Lipinski definition) is 4. The van der Waals surface area contributed by atoms with E-state index in [0.717, 1.165) is 5.56 Å². The Labute approximate surface area is 111 Å². The minimum Gasteiger partial charge on any atom is -0.399 e. The van der Waals surface area contributed by atoms with Crippen LogP contribution in [0.2, 0.25) is 0 Å². The second-order valence-electron chi connectivity index (χ2n) is 3.98. The Bertz CT molecular complexity index is 634. The van der Waals surface area contributed by atoms with Crippen LogP contribution < -0.4 is 10.5 Å². The van der Waals surface area contributed by atoms with Crippen molar-refractivity contribution in [2.45, 2.75) is 18.4 Å². The van der Waals surface area contributed by atoms with Gasteiger partial charge in [-0.15, -0.1) is 0 Å². The summed E-state index contributed by atoms with van der Waals surface area (Å²) in [7, 11) is -3.48. The Balaban J connectivity index is 2.20. The molecule has 6 heteroatoms. The Morgan fingerprint density at radius 3 is 2.72 bits per heavy atom. The highest BCUT2D eigenvalue weighted by atomic mass is 32.2. The first-order valence-electron chi connectivity index (χ1n) is 5.36. The van der Waals surface area contributed by atoms with E-state index < -0.39 is 10.0 Å². The zero-order chi connectivity index (χ0) is 13.2. The van der Waals surface area contributed by atoms with Crippen LogP contribution in [-0.2, 0) is 16.6 Å². The summed E-state index contributed by atoms with van der Waals surface area (Å²) in [6.07, 6.45) is 0. The van der Waals surface area contributed by atoms with Crippen LogP contribution in [0.25, 0.3) is 0 Å². The Morgan fingerprint density at radius 1 is 1.33 bits per heavy atom. The van der Waals surface area contributed by atoms with Crippen LogP contribution in [0.1, 0.15) is 11.1 Å². The summed E-state index contributed by atoms with van der Waals surface area (Å²) in [5, 5.41) is 3.83. The highest BCUT2D eigenvalue weighted by Crippen LogP contribution is 2.18. The second-order valence-corrected chi connectivity index (χ2v) is 6.50. The number of nitrogens with one attached hydrogen (secondary N) is 1. The first-order chi connectivity index (χ1) is 8.49. The standard InChI is InChI=1S/C12H14N2O2S2/c1-9-6-11(13)2-3-12(9)18(15,16)14-7-10-4-5-17-8-10/h2-6,8,14H,7,13H2,1H3. The lowest BCUT2D eigenvalue weighted by molar-refractivity contribution is 0.581. The van der Waals surface area contributed by atoms with E-state index >= 15 is 0 Å². The van der Waals surface area contributed by atoms with Crippen LogP contribution in [0.15, 0.2) is 39.9 Å². The van der Waals surface area contributed by atoms with Gasteiger partial charge in [-0.1, -0.05) is 0 Å². The molecule has 0 bridgehead atoms. The molecule has 0 radical (unpaired) electrons. The van der Waals surface area contributed by atoms with Gasteiger partial charge in [0.15, 0.2) is 0 Å².